The Bertz CT molecular complexity index is 446. The minimum Gasteiger partial charge on any atom is -0.454 e. The Morgan fingerprint density at radius 1 is 1.47 bits per heavy atom. The Morgan fingerprint density at radius 3 is 2.76 bits per heavy atom. The highest BCUT2D eigenvalue weighted by Crippen LogP contribution is 2.36. The van der Waals surface area contributed by atoms with Crippen LogP contribution in [0.1, 0.15) is 12.5 Å². The number of amides is 1. The van der Waals surface area contributed by atoms with E-state index in [2.05, 4.69) is 5.32 Å². The maximum atomic E-state index is 11.7. The first-order chi connectivity index (χ1) is 8.11. The smallest absolute Gasteiger partial charge is 0.231 e. The largest absolute Gasteiger partial charge is 0.454 e. The van der Waals surface area contributed by atoms with Gasteiger partial charge in [-0.1, -0.05) is 6.92 Å². The zero-order valence-electron chi connectivity index (χ0n) is 9.95. The molecule has 0 saturated heterocycles. The molecule has 1 unspecified atom stereocenters. The number of ether oxygens (including phenoxy) is 2. The summed E-state index contributed by atoms with van der Waals surface area (Å²) in [6.45, 7) is 4.25. The van der Waals surface area contributed by atoms with E-state index in [9.17, 15) is 4.79 Å². The van der Waals surface area contributed by atoms with Crippen molar-refractivity contribution in [2.75, 3.05) is 18.7 Å². The van der Waals surface area contributed by atoms with Gasteiger partial charge in [-0.15, -0.1) is 0 Å². The van der Waals surface area contributed by atoms with E-state index in [0.29, 0.717) is 18.0 Å². The maximum absolute atomic E-state index is 11.7. The lowest BCUT2D eigenvalue weighted by Gasteiger charge is -2.12. The first kappa shape index (κ1) is 11.7. The fourth-order valence-electron chi connectivity index (χ4n) is 1.54. The van der Waals surface area contributed by atoms with Crippen LogP contribution in [0, 0.1) is 12.8 Å². The van der Waals surface area contributed by atoms with Crippen LogP contribution in [0.25, 0.3) is 0 Å². The van der Waals surface area contributed by atoms with Gasteiger partial charge >= 0.3 is 0 Å². The second-order valence-electron chi connectivity index (χ2n) is 4.15. The highest BCUT2D eigenvalue weighted by atomic mass is 16.7. The van der Waals surface area contributed by atoms with Crippen molar-refractivity contribution in [2.45, 2.75) is 13.8 Å². The van der Waals surface area contributed by atoms with Crippen LogP contribution < -0.4 is 20.5 Å². The van der Waals surface area contributed by atoms with E-state index in [1.165, 1.54) is 0 Å². The Balaban J connectivity index is 2.19. The first-order valence-electron chi connectivity index (χ1n) is 5.53. The molecule has 1 aromatic rings. The highest BCUT2D eigenvalue weighted by Gasteiger charge is 2.18. The van der Waals surface area contributed by atoms with Gasteiger partial charge in [-0.05, 0) is 18.6 Å². The van der Waals surface area contributed by atoms with E-state index >= 15 is 0 Å². The quantitative estimate of drug-likeness (QED) is 0.828. The Morgan fingerprint density at radius 2 is 2.12 bits per heavy atom. The lowest BCUT2D eigenvalue weighted by Crippen LogP contribution is -2.26. The molecule has 1 aliphatic rings. The average molecular weight is 236 g/mol. The fourth-order valence-corrected chi connectivity index (χ4v) is 1.54. The van der Waals surface area contributed by atoms with Crippen molar-refractivity contribution in [2.24, 2.45) is 11.7 Å². The van der Waals surface area contributed by atoms with Gasteiger partial charge in [0.05, 0.1) is 0 Å². The van der Waals surface area contributed by atoms with E-state index in [-0.39, 0.29) is 18.6 Å². The van der Waals surface area contributed by atoms with Crippen molar-refractivity contribution in [3.05, 3.63) is 17.7 Å². The molecule has 0 spiro atoms. The molecule has 0 saturated carbocycles. The van der Waals surface area contributed by atoms with Crippen molar-refractivity contribution in [1.82, 2.24) is 0 Å². The van der Waals surface area contributed by atoms with Crippen LogP contribution in [0.15, 0.2) is 12.1 Å². The summed E-state index contributed by atoms with van der Waals surface area (Å²) in [7, 11) is 0. The summed E-state index contributed by atoms with van der Waals surface area (Å²) in [5.41, 5.74) is 7.12. The van der Waals surface area contributed by atoms with Crippen molar-refractivity contribution in [3.8, 4) is 11.5 Å². The van der Waals surface area contributed by atoms with Gasteiger partial charge in [0, 0.05) is 24.2 Å². The number of rotatable bonds is 3. The molecule has 92 valence electrons. The molecule has 0 radical (unpaired) electrons. The molecule has 5 heteroatoms. The van der Waals surface area contributed by atoms with E-state index in [1.54, 1.807) is 13.0 Å². The van der Waals surface area contributed by atoms with Crippen LogP contribution in [0.5, 0.6) is 11.5 Å². The summed E-state index contributed by atoms with van der Waals surface area (Å²) < 4.78 is 10.5. The van der Waals surface area contributed by atoms with Gasteiger partial charge in [-0.3, -0.25) is 4.79 Å². The molecule has 1 amide bonds. The highest BCUT2D eigenvalue weighted by molar-refractivity contribution is 5.93. The summed E-state index contributed by atoms with van der Waals surface area (Å²) >= 11 is 0. The zero-order chi connectivity index (χ0) is 12.4. The number of carbonyl (C=O) groups excluding carboxylic acids is 1. The minimum atomic E-state index is -0.208. The third kappa shape index (κ3) is 2.34. The van der Waals surface area contributed by atoms with Crippen LogP contribution in [0.4, 0.5) is 5.69 Å². The number of fused-ring (bicyclic) bond motifs is 1. The number of hydrogen-bond donors (Lipinski definition) is 2. The normalized spacial score (nSPS) is 14.5. The average Bonchev–Trinajstić information content (AvgIpc) is 2.75. The van der Waals surface area contributed by atoms with Crippen molar-refractivity contribution < 1.29 is 14.3 Å². The van der Waals surface area contributed by atoms with Gasteiger partial charge in [-0.25, -0.2) is 0 Å². The monoisotopic (exact) mass is 236 g/mol. The minimum absolute atomic E-state index is 0.0885. The zero-order valence-corrected chi connectivity index (χ0v) is 9.95. The molecular weight excluding hydrogens is 220 g/mol. The summed E-state index contributed by atoms with van der Waals surface area (Å²) in [4.78, 5) is 11.7. The molecule has 0 bridgehead atoms. The molecule has 1 atom stereocenters. The third-order valence-corrected chi connectivity index (χ3v) is 2.78. The second kappa shape index (κ2) is 4.63. The van der Waals surface area contributed by atoms with Crippen LogP contribution >= 0.6 is 0 Å². The van der Waals surface area contributed by atoms with Crippen LogP contribution in [-0.2, 0) is 4.79 Å². The Hall–Kier alpha value is -1.75. The molecule has 5 nitrogen and oxygen atoms in total. The van der Waals surface area contributed by atoms with Crippen molar-refractivity contribution in [3.63, 3.8) is 0 Å². The molecule has 3 N–H and O–H groups in total. The Kier molecular flexibility index (Phi) is 3.19. The predicted molar refractivity (Wildman–Crippen MR) is 64.2 cm³/mol. The number of benzene rings is 1. The van der Waals surface area contributed by atoms with Crippen molar-refractivity contribution >= 4 is 11.6 Å². The molecule has 1 heterocycles. The summed E-state index contributed by atoms with van der Waals surface area (Å²) in [6, 6.07) is 3.63. The SMILES string of the molecule is Cc1cc2c(cc1NC(=O)C(C)CN)OCO2. The molecule has 0 aliphatic carbocycles. The lowest BCUT2D eigenvalue weighted by molar-refractivity contribution is -0.119. The maximum Gasteiger partial charge on any atom is 0.231 e. The van der Waals surface area contributed by atoms with Gasteiger partial charge in [0.15, 0.2) is 11.5 Å². The molecule has 1 aromatic carbocycles. The molecule has 1 aliphatic heterocycles. The first-order valence-corrected chi connectivity index (χ1v) is 5.53. The summed E-state index contributed by atoms with van der Waals surface area (Å²) in [6.07, 6.45) is 0. The summed E-state index contributed by atoms with van der Waals surface area (Å²) in [5, 5.41) is 2.84. The van der Waals surface area contributed by atoms with Gasteiger partial charge in [0.2, 0.25) is 12.7 Å². The van der Waals surface area contributed by atoms with Crippen LogP contribution in [-0.4, -0.2) is 19.2 Å². The predicted octanol–water partition coefficient (Wildman–Crippen LogP) is 1.26. The van der Waals surface area contributed by atoms with Gasteiger partial charge < -0.3 is 20.5 Å². The van der Waals surface area contributed by atoms with Gasteiger partial charge in [0.25, 0.3) is 0 Å². The molecule has 0 aromatic heterocycles. The van der Waals surface area contributed by atoms with E-state index in [4.69, 9.17) is 15.2 Å². The van der Waals surface area contributed by atoms with E-state index in [0.717, 1.165) is 11.3 Å². The van der Waals surface area contributed by atoms with E-state index < -0.39 is 0 Å². The number of nitrogens with two attached hydrogens (primary N) is 1. The van der Waals surface area contributed by atoms with Crippen LogP contribution in [0.2, 0.25) is 0 Å². The second-order valence-corrected chi connectivity index (χ2v) is 4.15. The van der Waals surface area contributed by atoms with E-state index in [1.807, 2.05) is 13.0 Å². The number of nitrogens with one attached hydrogen (secondary N) is 1. The van der Waals surface area contributed by atoms with Crippen molar-refractivity contribution in [1.29, 1.82) is 0 Å². The number of hydrogen-bond acceptors (Lipinski definition) is 4. The van der Waals surface area contributed by atoms with Gasteiger partial charge in [0.1, 0.15) is 0 Å². The number of anilines is 1. The topological polar surface area (TPSA) is 73.6 Å². The number of aryl methyl sites for hydroxylation is 1. The third-order valence-electron chi connectivity index (χ3n) is 2.78. The molecular formula is C12H16N2O3. The summed E-state index contributed by atoms with van der Waals surface area (Å²) in [5.74, 6) is 1.08. The fraction of sp³-hybridized carbons (Fsp3) is 0.417. The lowest BCUT2D eigenvalue weighted by atomic mass is 10.1. The van der Waals surface area contributed by atoms with Crippen LogP contribution in [0.3, 0.4) is 0 Å². The van der Waals surface area contributed by atoms with Gasteiger partial charge in [-0.2, -0.15) is 0 Å². The standard InChI is InChI=1S/C12H16N2O3/c1-7-3-10-11(17-6-16-10)4-9(7)14-12(15)8(2)5-13/h3-4,8H,5-6,13H2,1-2H3,(H,14,15). The number of carbonyl (C=O) groups is 1. The Labute approximate surface area is 99.9 Å². The molecule has 17 heavy (non-hydrogen) atoms. The molecule has 2 rings (SSSR count). The molecule has 0 fully saturated rings.